The van der Waals surface area contributed by atoms with E-state index in [-0.39, 0.29) is 0 Å². The number of fused-ring (bicyclic) bond motifs is 3. The van der Waals surface area contributed by atoms with E-state index >= 15 is 0 Å². The molecule has 18 heavy (non-hydrogen) atoms. The molecule has 6 heteroatoms. The van der Waals surface area contributed by atoms with Crippen LogP contribution in [0, 0.1) is 6.92 Å². The predicted molar refractivity (Wildman–Crippen MR) is 85.7 cm³/mol. The van der Waals surface area contributed by atoms with Gasteiger partial charge in [0.15, 0.2) is 0 Å². The summed E-state index contributed by atoms with van der Waals surface area (Å²) in [7, 11) is 0. The van der Waals surface area contributed by atoms with Crippen molar-refractivity contribution < 1.29 is 0 Å². The Morgan fingerprint density at radius 2 is 1.83 bits per heavy atom. The molecule has 0 spiro atoms. The van der Waals surface area contributed by atoms with Crippen molar-refractivity contribution in [3.8, 4) is 9.75 Å². The minimum absolute atomic E-state index is 1.08. The molecule has 3 rings (SSSR count). The molecule has 0 fully saturated rings. The van der Waals surface area contributed by atoms with Gasteiger partial charge < -0.3 is 0 Å². The third-order valence-electron chi connectivity index (χ3n) is 2.77. The Labute approximate surface area is 124 Å². The number of hydrogen-bond acceptors (Lipinski definition) is 5. The van der Waals surface area contributed by atoms with E-state index in [0.29, 0.717) is 0 Å². The van der Waals surface area contributed by atoms with Crippen molar-refractivity contribution in [3.05, 3.63) is 17.0 Å². The van der Waals surface area contributed by atoms with Crippen LogP contribution in [0.5, 0.6) is 0 Å². The summed E-state index contributed by atoms with van der Waals surface area (Å²) in [5.41, 5.74) is 1.08. The second-order valence-electron chi connectivity index (χ2n) is 5.40. The van der Waals surface area contributed by atoms with Gasteiger partial charge in [-0.2, -0.15) is 0 Å². The number of thiophene rings is 2. The van der Waals surface area contributed by atoms with Crippen LogP contribution >= 0.6 is 34.6 Å². The van der Waals surface area contributed by atoms with E-state index < -0.39 is 18.4 Å². The molecule has 0 saturated carbocycles. The van der Waals surface area contributed by atoms with Crippen molar-refractivity contribution in [3.63, 3.8) is 0 Å². The Hall–Kier alpha value is 0.149. The molecule has 2 nitrogen and oxygen atoms in total. The molecule has 3 heterocycles. The average molecular weight is 401 g/mol. The summed E-state index contributed by atoms with van der Waals surface area (Å²) in [6.45, 7) is 2.16. The summed E-state index contributed by atoms with van der Waals surface area (Å²) in [5.74, 6) is 0. The second-order valence-corrected chi connectivity index (χ2v) is 23.9. The van der Waals surface area contributed by atoms with Crippen LogP contribution in [0.2, 0.25) is 14.8 Å². The van der Waals surface area contributed by atoms with Crippen LogP contribution in [0.15, 0.2) is 26.7 Å². The summed E-state index contributed by atoms with van der Waals surface area (Å²) < 4.78 is 5.82. The van der Waals surface area contributed by atoms with Gasteiger partial charge in [0.25, 0.3) is 0 Å². The number of rotatable bonds is 1. The fourth-order valence-electron chi connectivity index (χ4n) is 1.81. The molecule has 0 radical (unpaired) electrons. The maximum atomic E-state index is 4.38. The Bertz CT molecular complexity index is 634. The van der Waals surface area contributed by atoms with E-state index in [1.54, 1.807) is 2.89 Å². The molecule has 94 valence electrons. The van der Waals surface area contributed by atoms with Crippen molar-refractivity contribution in [1.82, 2.24) is 0 Å². The zero-order valence-corrected chi connectivity index (χ0v) is 16.1. The quantitative estimate of drug-likeness (QED) is 0.462. The van der Waals surface area contributed by atoms with E-state index in [4.69, 9.17) is 0 Å². The van der Waals surface area contributed by atoms with Crippen LogP contribution < -0.4 is 2.89 Å². The van der Waals surface area contributed by atoms with Crippen LogP contribution in [0.4, 0.5) is 5.69 Å². The summed E-state index contributed by atoms with van der Waals surface area (Å²) in [5, 5.41) is 4.38. The van der Waals surface area contributed by atoms with Gasteiger partial charge in [-0.1, -0.05) is 0 Å². The molecule has 2 aromatic heterocycles. The van der Waals surface area contributed by atoms with Crippen molar-refractivity contribution in [2.75, 3.05) is 0 Å². The van der Waals surface area contributed by atoms with Crippen molar-refractivity contribution in [2.45, 2.75) is 26.6 Å². The Morgan fingerprint density at radius 1 is 1.06 bits per heavy atom. The first-order chi connectivity index (χ1) is 8.45. The monoisotopic (exact) mass is 402 g/mol. The van der Waals surface area contributed by atoms with E-state index in [1.165, 1.54) is 31.5 Å². The fourth-order valence-corrected chi connectivity index (χ4v) is 10.2. The topological polar surface area (TPSA) is 24.7 Å². The standard InChI is InChI=1S/C9H5N2S3.3CH3.Sn/c1-5-4-7-9(13-5)8-6(2-3-12-8)10-11-14-7;;;;/h2,4H,1H3;3*1H3;. The molecule has 0 atom stereocenters. The van der Waals surface area contributed by atoms with Gasteiger partial charge in [0.1, 0.15) is 0 Å². The van der Waals surface area contributed by atoms with Crippen LogP contribution in [0.3, 0.4) is 0 Å². The zero-order valence-electron chi connectivity index (χ0n) is 10.8. The molecule has 0 N–H and O–H groups in total. The maximum absolute atomic E-state index is 4.38. The molecular weight excluding hydrogens is 387 g/mol. The fraction of sp³-hybridized carbons (Fsp3) is 0.333. The second kappa shape index (κ2) is 4.61. The summed E-state index contributed by atoms with van der Waals surface area (Å²) in [4.78, 5) is 12.7. The zero-order chi connectivity index (χ0) is 12.9. The molecular formula is C12H14N2S3Sn. The van der Waals surface area contributed by atoms with Gasteiger partial charge in [-0.25, -0.2) is 0 Å². The first kappa shape index (κ1) is 13.1. The Morgan fingerprint density at radius 3 is 2.56 bits per heavy atom. The summed E-state index contributed by atoms with van der Waals surface area (Å²) in [6.07, 6.45) is 0. The van der Waals surface area contributed by atoms with Gasteiger partial charge in [0.05, 0.1) is 0 Å². The number of aryl methyl sites for hydroxylation is 1. The van der Waals surface area contributed by atoms with Crippen molar-refractivity contribution in [2.24, 2.45) is 9.63 Å². The van der Waals surface area contributed by atoms with Gasteiger partial charge in [-0.3, -0.25) is 0 Å². The number of nitrogens with zero attached hydrogens (tertiary/aromatic N) is 2. The molecule has 0 saturated heterocycles. The third kappa shape index (κ3) is 2.30. The average Bonchev–Trinajstić information content (AvgIpc) is 2.79. The van der Waals surface area contributed by atoms with E-state index in [9.17, 15) is 0 Å². The van der Waals surface area contributed by atoms with E-state index in [0.717, 1.165) is 5.69 Å². The van der Waals surface area contributed by atoms with Gasteiger partial charge in [-0.15, -0.1) is 0 Å². The van der Waals surface area contributed by atoms with Gasteiger partial charge in [0.2, 0.25) is 0 Å². The molecule has 0 aliphatic carbocycles. The van der Waals surface area contributed by atoms with Crippen LogP contribution in [0.25, 0.3) is 9.75 Å². The van der Waals surface area contributed by atoms with E-state index in [2.05, 4.69) is 43.5 Å². The molecule has 1 aliphatic heterocycles. The van der Waals surface area contributed by atoms with Crippen LogP contribution in [-0.2, 0) is 0 Å². The Kier molecular flexibility index (Phi) is 3.37. The van der Waals surface area contributed by atoms with Crippen molar-refractivity contribution >= 4 is 61.6 Å². The molecule has 0 aromatic carbocycles. The van der Waals surface area contributed by atoms with Crippen LogP contribution in [0.1, 0.15) is 4.88 Å². The molecule has 0 amide bonds. The number of hydrogen-bond donors (Lipinski definition) is 0. The minimum atomic E-state index is -2.00. The van der Waals surface area contributed by atoms with Crippen molar-refractivity contribution in [1.29, 1.82) is 0 Å². The SMILES string of the molecule is Cc1cc2c(s1)-c1s[c]([Sn]([CH3])([CH3])[CH3])cc1N=NS2. The first-order valence-electron chi connectivity index (χ1n) is 5.78. The molecule has 2 aromatic rings. The summed E-state index contributed by atoms with van der Waals surface area (Å²) in [6, 6.07) is 4.50. The predicted octanol–water partition coefficient (Wildman–Crippen LogP) is 5.43. The summed E-state index contributed by atoms with van der Waals surface area (Å²) >= 11 is 3.31. The molecule has 0 unspecified atom stereocenters. The Balaban J connectivity index is 2.21. The first-order valence-corrected chi connectivity index (χ1v) is 18.2. The van der Waals surface area contributed by atoms with Gasteiger partial charge in [-0.05, 0) is 0 Å². The van der Waals surface area contributed by atoms with E-state index in [1.807, 2.05) is 22.7 Å². The van der Waals surface area contributed by atoms with Crippen LogP contribution in [-0.4, -0.2) is 18.4 Å². The third-order valence-corrected chi connectivity index (χ3v) is 15.3. The normalized spacial score (nSPS) is 14.2. The van der Waals surface area contributed by atoms with Gasteiger partial charge >= 0.3 is 125 Å². The van der Waals surface area contributed by atoms with Gasteiger partial charge in [0, 0.05) is 0 Å². The molecule has 0 bridgehead atoms. The molecule has 1 aliphatic rings.